The average molecular weight is 387 g/mol. The number of hydrogen-bond donors (Lipinski definition) is 0. The van der Waals surface area contributed by atoms with Gasteiger partial charge in [-0.1, -0.05) is 48.5 Å². The van der Waals surface area contributed by atoms with Crippen LogP contribution in [0.25, 0.3) is 0 Å². The van der Waals surface area contributed by atoms with Crippen LogP contribution in [-0.2, 0) is 16.1 Å². The van der Waals surface area contributed by atoms with Gasteiger partial charge >= 0.3 is 0 Å². The van der Waals surface area contributed by atoms with Crippen LogP contribution in [0.2, 0.25) is 0 Å². The first kappa shape index (κ1) is 19.1. The Bertz CT molecular complexity index is 1010. The number of rotatable bonds is 6. The number of Topliss-reactive ketones (excluding diaryl/α,β-unsaturated/α-hetero) is 1. The maximum absolute atomic E-state index is 13.0. The molecule has 1 saturated heterocycles. The lowest BCUT2D eigenvalue weighted by Gasteiger charge is -2.28. The van der Waals surface area contributed by atoms with Crippen LogP contribution in [0.3, 0.4) is 0 Å². The summed E-state index contributed by atoms with van der Waals surface area (Å²) in [6.07, 6.45) is 6.18. The van der Waals surface area contributed by atoms with Gasteiger partial charge in [-0.25, -0.2) is 4.98 Å². The van der Waals surface area contributed by atoms with Crippen LogP contribution in [0.1, 0.15) is 40.6 Å². The molecule has 0 bridgehead atoms. The van der Waals surface area contributed by atoms with E-state index in [2.05, 4.69) is 37.0 Å². The summed E-state index contributed by atoms with van der Waals surface area (Å²) in [7, 11) is 0. The molecule has 2 unspecified atom stereocenters. The Morgan fingerprint density at radius 2 is 1.72 bits per heavy atom. The summed E-state index contributed by atoms with van der Waals surface area (Å²) >= 11 is 0. The first-order chi connectivity index (χ1) is 14.1. The van der Waals surface area contributed by atoms with Gasteiger partial charge in [-0.2, -0.15) is 0 Å². The highest BCUT2D eigenvalue weighted by atomic mass is 16.2. The van der Waals surface area contributed by atoms with Crippen LogP contribution in [-0.4, -0.2) is 32.7 Å². The van der Waals surface area contributed by atoms with E-state index in [1.54, 1.807) is 17.4 Å². The highest BCUT2D eigenvalue weighted by Crippen LogP contribution is 2.42. The molecule has 0 spiro atoms. The first-order valence-electron chi connectivity index (χ1n) is 9.99. The van der Waals surface area contributed by atoms with Crippen molar-refractivity contribution < 1.29 is 9.59 Å². The number of imidazole rings is 1. The molecule has 1 aromatic heterocycles. The van der Waals surface area contributed by atoms with Crippen molar-refractivity contribution in [3.8, 4) is 0 Å². The largest absolute Gasteiger partial charge is 0.337 e. The van der Waals surface area contributed by atoms with Gasteiger partial charge in [-0.05, 0) is 42.5 Å². The number of ketones is 1. The summed E-state index contributed by atoms with van der Waals surface area (Å²) in [6, 6.07) is 15.6. The van der Waals surface area contributed by atoms with Gasteiger partial charge in [0.25, 0.3) is 5.91 Å². The minimum atomic E-state index is -0.473. The molecule has 0 aliphatic carbocycles. The standard InChI is InChI=1S/C24H25N3O2/c1-17-9-10-20(15-18(17)2)22-21(19-7-4-3-5-8-19)23(28)24(29)27(22)13-6-12-26-14-11-25-16-26/h3-5,7-11,14-16,21-22H,6,12-13H2,1-2H3. The summed E-state index contributed by atoms with van der Waals surface area (Å²) in [5.41, 5.74) is 4.28. The Labute approximate surface area is 171 Å². The van der Waals surface area contributed by atoms with Crippen LogP contribution in [0.4, 0.5) is 0 Å². The third-order valence-corrected chi connectivity index (χ3v) is 5.81. The van der Waals surface area contributed by atoms with Crippen molar-refractivity contribution in [2.24, 2.45) is 0 Å². The van der Waals surface area contributed by atoms with E-state index in [4.69, 9.17) is 0 Å². The maximum atomic E-state index is 13.0. The minimum absolute atomic E-state index is 0.278. The van der Waals surface area contributed by atoms with Crippen molar-refractivity contribution in [1.29, 1.82) is 0 Å². The van der Waals surface area contributed by atoms with E-state index in [0.29, 0.717) is 6.54 Å². The molecule has 29 heavy (non-hydrogen) atoms. The minimum Gasteiger partial charge on any atom is -0.337 e. The van der Waals surface area contributed by atoms with Crippen LogP contribution in [0.15, 0.2) is 67.3 Å². The molecule has 1 aliphatic heterocycles. The molecule has 0 N–H and O–H groups in total. The molecule has 148 valence electrons. The molecule has 0 saturated carbocycles. The zero-order valence-electron chi connectivity index (χ0n) is 16.8. The van der Waals surface area contributed by atoms with Gasteiger partial charge < -0.3 is 9.47 Å². The van der Waals surface area contributed by atoms with Crippen molar-refractivity contribution in [2.45, 2.75) is 38.8 Å². The predicted molar refractivity (Wildman–Crippen MR) is 111 cm³/mol. The number of likely N-dealkylation sites (tertiary alicyclic amines) is 1. The third kappa shape index (κ3) is 3.73. The van der Waals surface area contributed by atoms with Crippen LogP contribution in [0.5, 0.6) is 0 Å². The van der Waals surface area contributed by atoms with Gasteiger partial charge in [0.2, 0.25) is 5.78 Å². The second kappa shape index (κ2) is 8.03. The fraction of sp³-hybridized carbons (Fsp3) is 0.292. The van der Waals surface area contributed by atoms with Crippen LogP contribution in [0, 0.1) is 13.8 Å². The molecule has 5 heteroatoms. The second-order valence-corrected chi connectivity index (χ2v) is 7.69. The fourth-order valence-corrected chi connectivity index (χ4v) is 4.12. The number of hydrogen-bond acceptors (Lipinski definition) is 3. The SMILES string of the molecule is Cc1ccc(C2C(c3ccccc3)C(=O)C(=O)N2CCCn2ccnc2)cc1C. The molecule has 1 aliphatic rings. The number of aromatic nitrogens is 2. The molecule has 3 aromatic rings. The lowest BCUT2D eigenvalue weighted by Crippen LogP contribution is -2.31. The molecular weight excluding hydrogens is 362 g/mol. The topological polar surface area (TPSA) is 55.2 Å². The maximum Gasteiger partial charge on any atom is 0.291 e. The summed E-state index contributed by atoms with van der Waals surface area (Å²) in [5, 5.41) is 0. The smallest absolute Gasteiger partial charge is 0.291 e. The Morgan fingerprint density at radius 1 is 0.931 bits per heavy atom. The van der Waals surface area contributed by atoms with Crippen molar-refractivity contribution in [3.63, 3.8) is 0 Å². The van der Waals surface area contributed by atoms with Gasteiger partial charge in [0.1, 0.15) is 0 Å². The number of benzene rings is 2. The summed E-state index contributed by atoms with van der Waals surface area (Å²) < 4.78 is 1.99. The van der Waals surface area contributed by atoms with E-state index < -0.39 is 5.92 Å². The summed E-state index contributed by atoms with van der Waals surface area (Å²) in [5.74, 6) is -1.17. The Balaban J connectivity index is 1.68. The van der Waals surface area contributed by atoms with Crippen molar-refractivity contribution in [1.82, 2.24) is 14.5 Å². The van der Waals surface area contributed by atoms with Gasteiger partial charge in [-0.15, -0.1) is 0 Å². The van der Waals surface area contributed by atoms with Crippen LogP contribution < -0.4 is 0 Å². The number of amides is 1. The lowest BCUT2D eigenvalue weighted by molar-refractivity contribution is -0.140. The molecular formula is C24H25N3O2. The fourth-order valence-electron chi connectivity index (χ4n) is 4.12. The highest BCUT2D eigenvalue weighted by Gasteiger charge is 2.48. The van der Waals surface area contributed by atoms with Crippen molar-refractivity contribution in [3.05, 3.63) is 89.5 Å². The molecule has 4 rings (SSSR count). The average Bonchev–Trinajstić information content (AvgIpc) is 3.33. The lowest BCUT2D eigenvalue weighted by atomic mass is 9.86. The van der Waals surface area contributed by atoms with Gasteiger partial charge in [0, 0.05) is 25.5 Å². The molecule has 2 heterocycles. The zero-order chi connectivity index (χ0) is 20.4. The van der Waals surface area contributed by atoms with Crippen molar-refractivity contribution in [2.75, 3.05) is 6.54 Å². The van der Waals surface area contributed by atoms with Gasteiger partial charge in [0.05, 0.1) is 18.3 Å². The quantitative estimate of drug-likeness (QED) is 0.604. The number of carbonyl (C=O) groups excluding carboxylic acids is 2. The monoisotopic (exact) mass is 387 g/mol. The molecule has 2 aromatic carbocycles. The van der Waals surface area contributed by atoms with E-state index >= 15 is 0 Å². The van der Waals surface area contributed by atoms with E-state index in [1.165, 1.54) is 11.1 Å². The second-order valence-electron chi connectivity index (χ2n) is 7.69. The molecule has 5 nitrogen and oxygen atoms in total. The number of aryl methyl sites for hydroxylation is 3. The highest BCUT2D eigenvalue weighted by molar-refractivity contribution is 6.40. The molecule has 1 fully saturated rings. The van der Waals surface area contributed by atoms with E-state index in [-0.39, 0.29) is 17.7 Å². The van der Waals surface area contributed by atoms with Gasteiger partial charge in [0.15, 0.2) is 0 Å². The molecule has 1 amide bonds. The summed E-state index contributed by atoms with van der Waals surface area (Å²) in [6.45, 7) is 5.43. The Hall–Kier alpha value is -3.21. The number of carbonyl (C=O) groups is 2. The summed E-state index contributed by atoms with van der Waals surface area (Å²) in [4.78, 5) is 31.8. The van der Waals surface area contributed by atoms with Gasteiger partial charge in [-0.3, -0.25) is 9.59 Å². The normalized spacial score (nSPS) is 19.2. The Kier molecular flexibility index (Phi) is 5.30. The van der Waals surface area contributed by atoms with Crippen molar-refractivity contribution >= 4 is 11.7 Å². The van der Waals surface area contributed by atoms with Crippen LogP contribution >= 0.6 is 0 Å². The first-order valence-corrected chi connectivity index (χ1v) is 9.99. The molecule has 0 radical (unpaired) electrons. The Morgan fingerprint density at radius 3 is 2.41 bits per heavy atom. The predicted octanol–water partition coefficient (Wildman–Crippen LogP) is 3.83. The third-order valence-electron chi connectivity index (χ3n) is 5.81. The van der Waals surface area contributed by atoms with E-state index in [0.717, 1.165) is 24.1 Å². The van der Waals surface area contributed by atoms with E-state index in [1.807, 2.05) is 41.1 Å². The zero-order valence-corrected chi connectivity index (χ0v) is 16.8. The molecule has 2 atom stereocenters. The number of nitrogens with zero attached hydrogens (tertiary/aromatic N) is 3. The van der Waals surface area contributed by atoms with E-state index in [9.17, 15) is 9.59 Å².